The molecule has 0 atom stereocenters. The lowest BCUT2D eigenvalue weighted by atomic mass is 10.1. The summed E-state index contributed by atoms with van der Waals surface area (Å²) in [6.45, 7) is 0. The molecule has 14 heavy (non-hydrogen) atoms. The van der Waals surface area contributed by atoms with Gasteiger partial charge in [-0.1, -0.05) is 0 Å². The van der Waals surface area contributed by atoms with Crippen molar-refractivity contribution in [2.24, 2.45) is 0 Å². The van der Waals surface area contributed by atoms with E-state index in [0.717, 1.165) is 0 Å². The van der Waals surface area contributed by atoms with Crippen LogP contribution in [-0.2, 0) is 0 Å². The minimum absolute atomic E-state index is 0.190. The molecule has 0 saturated heterocycles. The molecule has 1 aromatic carbocycles. The van der Waals surface area contributed by atoms with Crippen molar-refractivity contribution in [2.45, 2.75) is 0 Å². The Balaban J connectivity index is 3.22. The third kappa shape index (κ3) is 1.77. The van der Waals surface area contributed by atoms with E-state index in [-0.39, 0.29) is 11.1 Å². The Morgan fingerprint density at radius 1 is 1.57 bits per heavy atom. The molecule has 0 amide bonds. The van der Waals surface area contributed by atoms with Gasteiger partial charge in [0.15, 0.2) is 6.29 Å². The van der Waals surface area contributed by atoms with Crippen LogP contribution in [-0.4, -0.2) is 19.2 Å². The molecule has 0 aliphatic rings. The van der Waals surface area contributed by atoms with E-state index in [9.17, 15) is 9.59 Å². The predicted octanol–water partition coefficient (Wildman–Crippen LogP) is 1.21. The molecule has 0 fully saturated rings. The fourth-order valence-electron chi connectivity index (χ4n) is 1.03. The zero-order valence-corrected chi connectivity index (χ0v) is 7.48. The van der Waals surface area contributed by atoms with E-state index >= 15 is 0 Å². The summed E-state index contributed by atoms with van der Waals surface area (Å²) in [7, 11) is 1.42. The van der Waals surface area contributed by atoms with Crippen LogP contribution >= 0.6 is 0 Å². The molecule has 4 heteroatoms. The Morgan fingerprint density at radius 2 is 2.29 bits per heavy atom. The van der Waals surface area contributed by atoms with Gasteiger partial charge >= 0.3 is 0 Å². The quantitative estimate of drug-likeness (QED) is 0.407. The summed E-state index contributed by atoms with van der Waals surface area (Å²) in [5.41, 5.74) is 0.448. The van der Waals surface area contributed by atoms with Gasteiger partial charge < -0.3 is 4.74 Å². The Kier molecular flexibility index (Phi) is 2.97. The number of nitriles is 1. The fourth-order valence-corrected chi connectivity index (χ4v) is 1.03. The number of carbonyl (C=O) groups excluding carboxylic acids is 2. The second-order valence-corrected chi connectivity index (χ2v) is 2.52. The highest BCUT2D eigenvalue weighted by molar-refractivity contribution is 6.08. The summed E-state index contributed by atoms with van der Waals surface area (Å²) in [5, 5.41) is 8.36. The number of nitrogens with zero attached hydrogens (tertiary/aromatic N) is 1. The predicted molar refractivity (Wildman–Crippen MR) is 48.3 cm³/mol. The number of hydrogen-bond donors (Lipinski definition) is 0. The first kappa shape index (κ1) is 9.93. The van der Waals surface area contributed by atoms with Gasteiger partial charge in [0, 0.05) is 5.56 Å². The van der Waals surface area contributed by atoms with Crippen molar-refractivity contribution in [3.63, 3.8) is 0 Å². The van der Waals surface area contributed by atoms with Crippen molar-refractivity contribution >= 4 is 12.1 Å². The van der Waals surface area contributed by atoms with Gasteiger partial charge in [0.25, 0.3) is 5.78 Å². The van der Waals surface area contributed by atoms with Gasteiger partial charge in [-0.15, -0.1) is 0 Å². The lowest BCUT2D eigenvalue weighted by Gasteiger charge is -2.03. The van der Waals surface area contributed by atoms with Crippen molar-refractivity contribution in [1.29, 1.82) is 5.26 Å². The SMILES string of the molecule is COc1ccc(C(=O)C#N)cc1C=O. The summed E-state index contributed by atoms with van der Waals surface area (Å²) in [6.07, 6.45) is 0.576. The molecular formula is C10H7NO3. The lowest BCUT2D eigenvalue weighted by molar-refractivity contribution is 0.105. The number of rotatable bonds is 3. The van der Waals surface area contributed by atoms with E-state index in [1.165, 1.54) is 31.4 Å². The number of benzene rings is 1. The first-order valence-corrected chi connectivity index (χ1v) is 3.80. The molecule has 0 aliphatic heterocycles. The van der Waals surface area contributed by atoms with Gasteiger partial charge in [-0.3, -0.25) is 9.59 Å². The number of carbonyl (C=O) groups is 2. The van der Waals surface area contributed by atoms with Gasteiger partial charge in [-0.05, 0) is 18.2 Å². The average molecular weight is 189 g/mol. The van der Waals surface area contributed by atoms with E-state index in [1.54, 1.807) is 0 Å². The van der Waals surface area contributed by atoms with Crippen LogP contribution in [0.3, 0.4) is 0 Å². The smallest absolute Gasteiger partial charge is 0.262 e. The second kappa shape index (κ2) is 4.19. The van der Waals surface area contributed by atoms with Crippen molar-refractivity contribution in [1.82, 2.24) is 0 Å². The van der Waals surface area contributed by atoms with Gasteiger partial charge in [0.1, 0.15) is 11.8 Å². The number of ether oxygens (including phenoxy) is 1. The average Bonchev–Trinajstić information content (AvgIpc) is 2.26. The molecule has 0 N–H and O–H groups in total. The summed E-state index contributed by atoms with van der Waals surface area (Å²) in [4.78, 5) is 21.5. The van der Waals surface area contributed by atoms with E-state index in [2.05, 4.69) is 0 Å². The van der Waals surface area contributed by atoms with Crippen molar-refractivity contribution in [3.05, 3.63) is 29.3 Å². The van der Waals surface area contributed by atoms with Crippen LogP contribution in [0.25, 0.3) is 0 Å². The van der Waals surface area contributed by atoms with Crippen molar-refractivity contribution < 1.29 is 14.3 Å². The monoisotopic (exact) mass is 189 g/mol. The van der Waals surface area contributed by atoms with Gasteiger partial charge in [-0.2, -0.15) is 5.26 Å². The fraction of sp³-hybridized carbons (Fsp3) is 0.100. The molecule has 0 bridgehead atoms. The van der Waals surface area contributed by atoms with Crippen molar-refractivity contribution in [2.75, 3.05) is 7.11 Å². The highest BCUT2D eigenvalue weighted by Gasteiger charge is 2.08. The number of ketones is 1. The van der Waals surface area contributed by atoms with Gasteiger partial charge in [-0.25, -0.2) is 0 Å². The van der Waals surface area contributed by atoms with Gasteiger partial charge in [0.2, 0.25) is 0 Å². The molecule has 4 nitrogen and oxygen atoms in total. The summed E-state index contributed by atoms with van der Waals surface area (Å²) >= 11 is 0. The lowest BCUT2D eigenvalue weighted by Crippen LogP contribution is -1.98. The van der Waals surface area contributed by atoms with Crippen LogP contribution in [0.5, 0.6) is 5.75 Å². The van der Waals surface area contributed by atoms with Gasteiger partial charge in [0.05, 0.1) is 12.7 Å². The molecule has 1 aromatic rings. The number of methoxy groups -OCH3 is 1. The van der Waals surface area contributed by atoms with Crippen LogP contribution in [0, 0.1) is 11.3 Å². The molecule has 0 aromatic heterocycles. The first-order valence-electron chi connectivity index (χ1n) is 3.80. The van der Waals surface area contributed by atoms with E-state index < -0.39 is 5.78 Å². The zero-order valence-electron chi connectivity index (χ0n) is 7.48. The van der Waals surface area contributed by atoms with Crippen LogP contribution in [0.4, 0.5) is 0 Å². The van der Waals surface area contributed by atoms with Crippen LogP contribution in [0.1, 0.15) is 20.7 Å². The Hall–Kier alpha value is -2.15. The highest BCUT2D eigenvalue weighted by atomic mass is 16.5. The minimum Gasteiger partial charge on any atom is -0.496 e. The zero-order chi connectivity index (χ0) is 10.6. The highest BCUT2D eigenvalue weighted by Crippen LogP contribution is 2.17. The molecular weight excluding hydrogens is 182 g/mol. The van der Waals surface area contributed by atoms with E-state index in [0.29, 0.717) is 12.0 Å². The Bertz CT molecular complexity index is 418. The molecule has 0 aliphatic carbocycles. The van der Waals surface area contributed by atoms with E-state index in [1.807, 2.05) is 0 Å². The third-order valence-electron chi connectivity index (χ3n) is 1.72. The van der Waals surface area contributed by atoms with E-state index in [4.69, 9.17) is 10.00 Å². The maximum atomic E-state index is 11.0. The Morgan fingerprint density at radius 3 is 2.79 bits per heavy atom. The molecule has 0 spiro atoms. The standard InChI is InChI=1S/C10H7NO3/c1-14-10-3-2-7(9(13)5-11)4-8(10)6-12/h2-4,6H,1H3. The number of hydrogen-bond acceptors (Lipinski definition) is 4. The minimum atomic E-state index is -0.671. The van der Waals surface area contributed by atoms with Crippen molar-refractivity contribution in [3.8, 4) is 11.8 Å². The second-order valence-electron chi connectivity index (χ2n) is 2.52. The summed E-state index contributed by atoms with van der Waals surface area (Å²) < 4.78 is 4.88. The Labute approximate surface area is 80.7 Å². The maximum absolute atomic E-state index is 11.0. The summed E-state index contributed by atoms with van der Waals surface area (Å²) in [6, 6.07) is 5.73. The molecule has 0 unspecified atom stereocenters. The topological polar surface area (TPSA) is 67.2 Å². The molecule has 1 rings (SSSR count). The molecule has 0 saturated carbocycles. The molecule has 0 radical (unpaired) electrons. The summed E-state index contributed by atoms with van der Waals surface area (Å²) in [5.74, 6) is -0.287. The van der Waals surface area contributed by atoms with Crippen LogP contribution in [0.2, 0.25) is 0 Å². The number of aldehydes is 1. The normalized spacial score (nSPS) is 8.86. The molecule has 0 heterocycles. The largest absolute Gasteiger partial charge is 0.496 e. The van der Waals surface area contributed by atoms with Crippen LogP contribution < -0.4 is 4.74 Å². The maximum Gasteiger partial charge on any atom is 0.262 e. The third-order valence-corrected chi connectivity index (χ3v) is 1.72. The first-order chi connectivity index (χ1) is 6.72. The molecule has 70 valence electrons. The van der Waals surface area contributed by atoms with Crippen LogP contribution in [0.15, 0.2) is 18.2 Å². The number of Topliss-reactive ketones (excluding diaryl/α,β-unsaturated/α-hetero) is 1.